The van der Waals surface area contributed by atoms with E-state index in [1.165, 1.54) is 13.4 Å². The third kappa shape index (κ3) is 4.48. The van der Waals surface area contributed by atoms with Crippen LogP contribution in [-0.4, -0.2) is 37.3 Å². The lowest BCUT2D eigenvalue weighted by Crippen LogP contribution is -2.02. The molecule has 0 fully saturated rings. The van der Waals surface area contributed by atoms with Crippen LogP contribution in [0.1, 0.15) is 12.6 Å². The lowest BCUT2D eigenvalue weighted by atomic mass is 10.2. The zero-order valence-corrected chi connectivity index (χ0v) is 20.0. The Bertz CT molecular complexity index is 1420. The fourth-order valence-electron chi connectivity index (χ4n) is 3.23. The maximum atomic E-state index is 12.0. The third-order valence-corrected chi connectivity index (χ3v) is 7.38. The molecular weight excluding hydrogens is 466 g/mol. The zero-order chi connectivity index (χ0) is 22.9. The first-order valence-electron chi connectivity index (χ1n) is 9.61. The highest BCUT2D eigenvalue weighted by atomic mass is 35.5. The first kappa shape index (κ1) is 22.3. The minimum atomic E-state index is -3.29. The van der Waals surface area contributed by atoms with Crippen LogP contribution in [0.5, 0.6) is 0 Å². The molecule has 0 aliphatic rings. The van der Waals surface area contributed by atoms with E-state index in [0.717, 1.165) is 26.7 Å². The summed E-state index contributed by atoms with van der Waals surface area (Å²) in [4.78, 5) is 7.10. The Morgan fingerprint density at radius 1 is 1.06 bits per heavy atom. The van der Waals surface area contributed by atoms with Gasteiger partial charge in [0.15, 0.2) is 9.84 Å². The number of aromatic nitrogens is 2. The molecule has 0 spiro atoms. The van der Waals surface area contributed by atoms with Gasteiger partial charge < -0.3 is 4.84 Å². The largest absolute Gasteiger partial charge is 0.399 e. The van der Waals surface area contributed by atoms with E-state index in [1.807, 2.05) is 55.5 Å². The molecule has 0 atom stereocenters. The molecule has 0 aliphatic carbocycles. The van der Waals surface area contributed by atoms with Crippen LogP contribution in [0.4, 0.5) is 0 Å². The normalized spacial score (nSPS) is 12.2. The van der Waals surface area contributed by atoms with Gasteiger partial charge in [-0.2, -0.15) is 5.10 Å². The van der Waals surface area contributed by atoms with Crippen LogP contribution < -0.4 is 0 Å². The van der Waals surface area contributed by atoms with Crippen molar-refractivity contribution in [3.05, 3.63) is 77.4 Å². The van der Waals surface area contributed by atoms with Crippen LogP contribution in [0.3, 0.4) is 0 Å². The summed E-state index contributed by atoms with van der Waals surface area (Å²) in [6.45, 7) is 1.82. The number of para-hydroxylation sites is 1. The molecule has 2 heterocycles. The molecule has 0 saturated heterocycles. The van der Waals surface area contributed by atoms with E-state index in [-0.39, 0.29) is 0 Å². The molecule has 2 aromatic carbocycles. The molecule has 4 rings (SSSR count). The van der Waals surface area contributed by atoms with Crippen molar-refractivity contribution >= 4 is 38.5 Å². The molecule has 0 radical (unpaired) electrons. The van der Waals surface area contributed by atoms with Crippen LogP contribution in [0.15, 0.2) is 76.8 Å². The number of oxime groups is 1. The van der Waals surface area contributed by atoms with Gasteiger partial charge >= 0.3 is 0 Å². The quantitative estimate of drug-likeness (QED) is 0.259. The van der Waals surface area contributed by atoms with Gasteiger partial charge in [-0.3, -0.25) is 0 Å². The van der Waals surface area contributed by atoms with Crippen molar-refractivity contribution in [2.45, 2.75) is 11.8 Å². The van der Waals surface area contributed by atoms with Gasteiger partial charge in [0.05, 0.1) is 26.2 Å². The molecule has 0 aliphatic heterocycles. The van der Waals surface area contributed by atoms with Crippen LogP contribution in [0.2, 0.25) is 5.02 Å². The maximum absolute atomic E-state index is 12.0. The molecule has 164 valence electrons. The maximum Gasteiger partial charge on any atom is 0.175 e. The number of thiophene rings is 1. The Morgan fingerprint density at radius 2 is 1.81 bits per heavy atom. The lowest BCUT2D eigenvalue weighted by Gasteiger charge is -2.08. The predicted octanol–water partition coefficient (Wildman–Crippen LogP) is 5.70. The second-order valence-electron chi connectivity index (χ2n) is 7.10. The minimum Gasteiger partial charge on any atom is -0.399 e. The van der Waals surface area contributed by atoms with Crippen molar-refractivity contribution in [3.8, 4) is 26.7 Å². The average Bonchev–Trinajstić information content (AvgIpc) is 3.41. The number of hydrogen-bond acceptors (Lipinski definition) is 6. The number of halogens is 1. The summed E-state index contributed by atoms with van der Waals surface area (Å²) in [7, 11) is -1.80. The second-order valence-corrected chi connectivity index (χ2v) is 10.6. The Kier molecular flexibility index (Phi) is 6.19. The standard InChI is InChI=1S/C23H20ClN3O3S2/c1-15(26-30-2)19-14-21(27(25-19)20-10-5-4-9-18(20)24)23-12-11-22(31-23)16-7-6-8-17(13-16)32(3,28)29/h4-14H,1-3H3/b26-15+. The predicted molar refractivity (Wildman–Crippen MR) is 130 cm³/mol. The fourth-order valence-corrected chi connectivity index (χ4v) is 5.12. The summed E-state index contributed by atoms with van der Waals surface area (Å²) in [5.74, 6) is 0. The van der Waals surface area contributed by atoms with E-state index in [4.69, 9.17) is 21.5 Å². The summed E-state index contributed by atoms with van der Waals surface area (Å²) in [6, 6.07) is 20.3. The summed E-state index contributed by atoms with van der Waals surface area (Å²) < 4.78 is 25.7. The smallest absolute Gasteiger partial charge is 0.175 e. The number of rotatable bonds is 6. The molecule has 0 bridgehead atoms. The van der Waals surface area contributed by atoms with Gasteiger partial charge in [0.2, 0.25) is 0 Å². The van der Waals surface area contributed by atoms with Crippen molar-refractivity contribution in [3.63, 3.8) is 0 Å². The molecule has 9 heteroatoms. The van der Waals surface area contributed by atoms with Gasteiger partial charge in [-0.15, -0.1) is 11.3 Å². The monoisotopic (exact) mass is 485 g/mol. The SMILES string of the molecule is CO/N=C(\C)c1cc(-c2ccc(-c3cccc(S(C)(=O)=O)c3)s2)n(-c2ccccc2Cl)n1. The van der Waals surface area contributed by atoms with Crippen molar-refractivity contribution in [2.24, 2.45) is 5.16 Å². The van der Waals surface area contributed by atoms with E-state index in [1.54, 1.807) is 34.2 Å². The summed E-state index contributed by atoms with van der Waals surface area (Å²) in [6.07, 6.45) is 1.21. The van der Waals surface area contributed by atoms with Crippen molar-refractivity contribution in [1.82, 2.24) is 9.78 Å². The average molecular weight is 486 g/mol. The topological polar surface area (TPSA) is 73.5 Å². The van der Waals surface area contributed by atoms with Gasteiger partial charge in [0.25, 0.3) is 0 Å². The Labute approximate surface area is 195 Å². The van der Waals surface area contributed by atoms with E-state index in [2.05, 4.69) is 5.16 Å². The highest BCUT2D eigenvalue weighted by molar-refractivity contribution is 7.90. The minimum absolute atomic E-state index is 0.291. The molecule has 0 saturated carbocycles. The number of hydrogen-bond donors (Lipinski definition) is 0. The van der Waals surface area contributed by atoms with E-state index in [0.29, 0.717) is 21.3 Å². The highest BCUT2D eigenvalue weighted by Crippen LogP contribution is 2.37. The van der Waals surface area contributed by atoms with E-state index in [9.17, 15) is 8.42 Å². The van der Waals surface area contributed by atoms with E-state index < -0.39 is 9.84 Å². The number of benzene rings is 2. The summed E-state index contributed by atoms with van der Waals surface area (Å²) >= 11 is 8.00. The van der Waals surface area contributed by atoms with Gasteiger partial charge in [0.1, 0.15) is 18.5 Å². The summed E-state index contributed by atoms with van der Waals surface area (Å²) in [5, 5.41) is 9.28. The first-order valence-corrected chi connectivity index (χ1v) is 12.7. The molecule has 0 amide bonds. The van der Waals surface area contributed by atoms with Crippen molar-refractivity contribution in [2.75, 3.05) is 13.4 Å². The van der Waals surface area contributed by atoms with Gasteiger partial charge in [0, 0.05) is 11.1 Å². The molecule has 0 unspecified atom stereocenters. The molecule has 2 aromatic heterocycles. The lowest BCUT2D eigenvalue weighted by molar-refractivity contribution is 0.213. The van der Waals surface area contributed by atoms with Gasteiger partial charge in [-0.25, -0.2) is 13.1 Å². The Balaban J connectivity index is 1.84. The van der Waals surface area contributed by atoms with Crippen LogP contribution in [0, 0.1) is 0 Å². The number of nitrogens with zero attached hydrogens (tertiary/aromatic N) is 3. The first-order chi connectivity index (χ1) is 15.3. The number of sulfone groups is 1. The second kappa shape index (κ2) is 8.90. The third-order valence-electron chi connectivity index (χ3n) is 4.79. The highest BCUT2D eigenvalue weighted by Gasteiger charge is 2.18. The van der Waals surface area contributed by atoms with Crippen LogP contribution >= 0.6 is 22.9 Å². The Hall–Kier alpha value is -2.94. The van der Waals surface area contributed by atoms with Crippen LogP contribution in [0.25, 0.3) is 26.7 Å². The van der Waals surface area contributed by atoms with Gasteiger partial charge in [-0.05, 0) is 55.0 Å². The molecule has 4 aromatic rings. The van der Waals surface area contributed by atoms with Crippen molar-refractivity contribution in [1.29, 1.82) is 0 Å². The fraction of sp³-hybridized carbons (Fsp3) is 0.130. The zero-order valence-electron chi connectivity index (χ0n) is 17.6. The molecule has 0 N–H and O–H groups in total. The molecule has 32 heavy (non-hydrogen) atoms. The van der Waals surface area contributed by atoms with Gasteiger partial charge in [-0.1, -0.05) is 41.0 Å². The molecule has 6 nitrogen and oxygen atoms in total. The Morgan fingerprint density at radius 3 is 2.53 bits per heavy atom. The van der Waals surface area contributed by atoms with Crippen LogP contribution in [-0.2, 0) is 14.7 Å². The van der Waals surface area contributed by atoms with Crippen molar-refractivity contribution < 1.29 is 13.3 Å². The van der Waals surface area contributed by atoms with E-state index >= 15 is 0 Å². The molecular formula is C23H20ClN3O3S2. The summed E-state index contributed by atoms with van der Waals surface area (Å²) in [5.41, 5.74) is 3.72.